The SMILES string of the molecule is COC(=O)C1=C(OC)O[C@H]2CC(OC)(OC)C[C@@H]12. The minimum atomic E-state index is -0.701. The molecule has 2 aliphatic rings. The van der Waals surface area contributed by atoms with Crippen molar-refractivity contribution in [2.24, 2.45) is 5.92 Å². The normalized spacial score (nSPS) is 28.9. The van der Waals surface area contributed by atoms with Crippen LogP contribution in [0.15, 0.2) is 11.5 Å². The first kappa shape index (κ1) is 13.2. The van der Waals surface area contributed by atoms with E-state index in [-0.39, 0.29) is 18.0 Å². The van der Waals surface area contributed by atoms with Gasteiger partial charge in [-0.1, -0.05) is 0 Å². The van der Waals surface area contributed by atoms with Crippen molar-refractivity contribution in [3.63, 3.8) is 0 Å². The van der Waals surface area contributed by atoms with Gasteiger partial charge in [-0.3, -0.25) is 0 Å². The van der Waals surface area contributed by atoms with Crippen LogP contribution in [0.1, 0.15) is 12.8 Å². The number of carbonyl (C=O) groups excluding carboxylic acids is 1. The fraction of sp³-hybridized carbons (Fsp3) is 0.750. The molecule has 1 fully saturated rings. The highest BCUT2D eigenvalue weighted by Crippen LogP contribution is 2.48. The molecule has 1 aliphatic carbocycles. The number of methoxy groups -OCH3 is 4. The van der Waals surface area contributed by atoms with Crippen molar-refractivity contribution in [1.82, 2.24) is 0 Å². The van der Waals surface area contributed by atoms with E-state index in [1.54, 1.807) is 14.2 Å². The minimum Gasteiger partial charge on any atom is -0.468 e. The van der Waals surface area contributed by atoms with E-state index in [2.05, 4.69) is 0 Å². The maximum Gasteiger partial charge on any atom is 0.341 e. The number of rotatable bonds is 4. The fourth-order valence-electron chi connectivity index (χ4n) is 2.68. The Labute approximate surface area is 106 Å². The molecule has 2 rings (SSSR count). The van der Waals surface area contributed by atoms with Crippen LogP contribution in [0.5, 0.6) is 0 Å². The molecule has 0 aromatic rings. The van der Waals surface area contributed by atoms with Crippen molar-refractivity contribution in [3.8, 4) is 0 Å². The molecule has 6 heteroatoms. The molecular weight excluding hydrogens is 240 g/mol. The van der Waals surface area contributed by atoms with E-state index in [4.69, 9.17) is 23.7 Å². The third-order valence-corrected chi connectivity index (χ3v) is 3.68. The van der Waals surface area contributed by atoms with Crippen molar-refractivity contribution < 1.29 is 28.5 Å². The van der Waals surface area contributed by atoms with Gasteiger partial charge in [0.05, 0.1) is 14.2 Å². The lowest BCUT2D eigenvalue weighted by Crippen LogP contribution is -2.31. The molecule has 0 bridgehead atoms. The summed E-state index contributed by atoms with van der Waals surface area (Å²) in [5.74, 6) is -0.999. The number of ether oxygens (including phenoxy) is 5. The van der Waals surface area contributed by atoms with Crippen LogP contribution in [0.3, 0.4) is 0 Å². The smallest absolute Gasteiger partial charge is 0.341 e. The van der Waals surface area contributed by atoms with E-state index < -0.39 is 11.8 Å². The topological polar surface area (TPSA) is 63.2 Å². The quantitative estimate of drug-likeness (QED) is 0.549. The van der Waals surface area contributed by atoms with Crippen molar-refractivity contribution in [3.05, 3.63) is 11.5 Å². The van der Waals surface area contributed by atoms with Crippen LogP contribution in [0.2, 0.25) is 0 Å². The maximum atomic E-state index is 11.8. The summed E-state index contributed by atoms with van der Waals surface area (Å²) in [6.07, 6.45) is 0.925. The maximum absolute atomic E-state index is 11.8. The monoisotopic (exact) mass is 258 g/mol. The zero-order chi connectivity index (χ0) is 13.3. The number of hydrogen-bond donors (Lipinski definition) is 0. The molecule has 6 nitrogen and oxygen atoms in total. The Morgan fingerprint density at radius 2 is 1.89 bits per heavy atom. The van der Waals surface area contributed by atoms with Crippen LogP contribution in [-0.4, -0.2) is 46.3 Å². The van der Waals surface area contributed by atoms with Gasteiger partial charge in [-0.05, 0) is 0 Å². The molecule has 18 heavy (non-hydrogen) atoms. The number of carbonyl (C=O) groups is 1. The van der Waals surface area contributed by atoms with Crippen LogP contribution in [0, 0.1) is 5.92 Å². The third kappa shape index (κ3) is 1.85. The van der Waals surface area contributed by atoms with E-state index in [0.29, 0.717) is 18.4 Å². The summed E-state index contributed by atoms with van der Waals surface area (Å²) in [6, 6.07) is 0. The number of fused-ring (bicyclic) bond motifs is 1. The lowest BCUT2D eigenvalue weighted by Gasteiger charge is -2.26. The van der Waals surface area contributed by atoms with Gasteiger partial charge in [0.15, 0.2) is 5.79 Å². The van der Waals surface area contributed by atoms with Crippen LogP contribution in [0.25, 0.3) is 0 Å². The van der Waals surface area contributed by atoms with Crippen molar-refractivity contribution in [1.29, 1.82) is 0 Å². The fourth-order valence-corrected chi connectivity index (χ4v) is 2.68. The van der Waals surface area contributed by atoms with Crippen LogP contribution in [-0.2, 0) is 28.5 Å². The summed E-state index contributed by atoms with van der Waals surface area (Å²) in [4.78, 5) is 11.8. The molecule has 1 heterocycles. The van der Waals surface area contributed by atoms with Crippen LogP contribution in [0.4, 0.5) is 0 Å². The van der Waals surface area contributed by atoms with Gasteiger partial charge in [-0.25, -0.2) is 4.79 Å². The average Bonchev–Trinajstić information content (AvgIpc) is 2.91. The first-order valence-corrected chi connectivity index (χ1v) is 5.74. The molecule has 1 saturated carbocycles. The standard InChI is InChI=1S/C12H18O6/c1-14-10(13)9-7-5-12(16-3,17-4)6-8(7)18-11(9)15-2/h7-8H,5-6H2,1-4H3/t7-,8+/m1/s1. The second-order valence-electron chi connectivity index (χ2n) is 4.39. The van der Waals surface area contributed by atoms with E-state index in [1.807, 2.05) is 0 Å². The zero-order valence-corrected chi connectivity index (χ0v) is 11.0. The van der Waals surface area contributed by atoms with Gasteiger partial charge in [0.2, 0.25) is 0 Å². The largest absolute Gasteiger partial charge is 0.468 e. The van der Waals surface area contributed by atoms with Gasteiger partial charge in [0.25, 0.3) is 5.95 Å². The van der Waals surface area contributed by atoms with Gasteiger partial charge < -0.3 is 23.7 Å². The Morgan fingerprint density at radius 3 is 2.39 bits per heavy atom. The predicted octanol–water partition coefficient (Wildman–Crippen LogP) is 0.815. The van der Waals surface area contributed by atoms with Gasteiger partial charge in [-0.2, -0.15) is 0 Å². The second-order valence-corrected chi connectivity index (χ2v) is 4.39. The van der Waals surface area contributed by atoms with Crippen LogP contribution < -0.4 is 0 Å². The van der Waals surface area contributed by atoms with Gasteiger partial charge >= 0.3 is 5.97 Å². The molecule has 0 radical (unpaired) electrons. The molecule has 0 unspecified atom stereocenters. The van der Waals surface area contributed by atoms with E-state index in [9.17, 15) is 4.79 Å². The molecule has 102 valence electrons. The summed E-state index contributed by atoms with van der Waals surface area (Å²) in [5.41, 5.74) is 0.431. The average molecular weight is 258 g/mol. The predicted molar refractivity (Wildman–Crippen MR) is 60.4 cm³/mol. The molecule has 2 atom stereocenters. The zero-order valence-electron chi connectivity index (χ0n) is 11.0. The van der Waals surface area contributed by atoms with Crippen molar-refractivity contribution in [2.75, 3.05) is 28.4 Å². The van der Waals surface area contributed by atoms with Gasteiger partial charge in [-0.15, -0.1) is 0 Å². The summed E-state index contributed by atoms with van der Waals surface area (Å²) in [6.45, 7) is 0. The molecule has 0 amide bonds. The summed E-state index contributed by atoms with van der Waals surface area (Å²) in [7, 11) is 5.98. The van der Waals surface area contributed by atoms with Crippen LogP contribution >= 0.6 is 0 Å². The molecule has 0 aromatic heterocycles. The van der Waals surface area contributed by atoms with Gasteiger partial charge in [0, 0.05) is 33.0 Å². The minimum absolute atomic E-state index is 0.118. The van der Waals surface area contributed by atoms with Crippen molar-refractivity contribution in [2.45, 2.75) is 24.7 Å². The van der Waals surface area contributed by atoms with E-state index in [0.717, 1.165) is 0 Å². The van der Waals surface area contributed by atoms with Gasteiger partial charge in [0.1, 0.15) is 11.7 Å². The highest BCUT2D eigenvalue weighted by atomic mass is 16.7. The Balaban J connectivity index is 2.26. The Bertz CT molecular complexity index is 371. The first-order chi connectivity index (χ1) is 8.60. The summed E-state index contributed by atoms with van der Waals surface area (Å²) < 4.78 is 26.3. The Morgan fingerprint density at radius 1 is 1.22 bits per heavy atom. The Kier molecular flexibility index (Phi) is 3.49. The molecule has 1 aliphatic heterocycles. The first-order valence-electron chi connectivity index (χ1n) is 5.74. The second kappa shape index (κ2) is 4.78. The van der Waals surface area contributed by atoms with E-state index in [1.165, 1.54) is 14.2 Å². The summed E-state index contributed by atoms with van der Waals surface area (Å²) >= 11 is 0. The highest BCUT2D eigenvalue weighted by Gasteiger charge is 2.55. The molecule has 0 saturated heterocycles. The Hall–Kier alpha value is -1.27. The number of esters is 1. The van der Waals surface area contributed by atoms with E-state index >= 15 is 0 Å². The highest BCUT2D eigenvalue weighted by molar-refractivity contribution is 5.90. The molecule has 0 aromatic carbocycles. The molecule has 0 spiro atoms. The molecular formula is C12H18O6. The molecule has 0 N–H and O–H groups in total. The lowest BCUT2D eigenvalue weighted by molar-refractivity contribution is -0.207. The third-order valence-electron chi connectivity index (χ3n) is 3.68. The number of hydrogen-bond acceptors (Lipinski definition) is 6. The van der Waals surface area contributed by atoms with Crippen molar-refractivity contribution >= 4 is 5.97 Å². The lowest BCUT2D eigenvalue weighted by atomic mass is 9.98. The summed E-state index contributed by atoms with van der Waals surface area (Å²) in [5, 5.41) is 0.